The fourth-order valence-corrected chi connectivity index (χ4v) is 8.73. The molecule has 0 aliphatic rings. The van der Waals surface area contributed by atoms with Crippen LogP contribution in [0.3, 0.4) is 0 Å². The Morgan fingerprint density at radius 1 is 0.469 bits per heavy atom. The highest BCUT2D eigenvalue weighted by atomic mass is 32.1. The maximum atomic E-state index is 6.96. The Morgan fingerprint density at radius 3 is 1.76 bits per heavy atom. The van der Waals surface area contributed by atoms with Crippen molar-refractivity contribution < 1.29 is 4.42 Å². The molecule has 9 aromatic rings. The van der Waals surface area contributed by atoms with Crippen LogP contribution in [0.1, 0.15) is 0 Å². The SMILES string of the molecule is Bc1c(B)c(B)c(-c2cc(-c3ccccc3)nc(-c3cccc4c3oc3c(-c5cccc6c5sc5ccccc56)cccc34)n2)c(B)c1B. The number of nitrogens with zero attached hydrogens (tertiary/aromatic N) is 2. The van der Waals surface area contributed by atoms with Crippen molar-refractivity contribution in [2.24, 2.45) is 0 Å². The van der Waals surface area contributed by atoms with Gasteiger partial charge in [0.25, 0.3) is 0 Å². The summed E-state index contributed by atoms with van der Waals surface area (Å²) in [5, 5.41) is 4.71. The summed E-state index contributed by atoms with van der Waals surface area (Å²) in [4.78, 5) is 10.5. The second-order valence-electron chi connectivity index (χ2n) is 13.1. The zero-order valence-electron chi connectivity index (χ0n) is 28.2. The minimum absolute atomic E-state index is 0.656. The van der Waals surface area contributed by atoms with Gasteiger partial charge in [0.15, 0.2) is 5.82 Å². The molecule has 0 saturated heterocycles. The van der Waals surface area contributed by atoms with Gasteiger partial charge in [-0.25, -0.2) is 9.97 Å². The summed E-state index contributed by atoms with van der Waals surface area (Å²) in [6.07, 6.45) is 0. The molecular formula is C40H29B5N2OS. The first-order valence-electron chi connectivity index (χ1n) is 16.8. The van der Waals surface area contributed by atoms with Gasteiger partial charge in [-0.1, -0.05) is 108 Å². The van der Waals surface area contributed by atoms with E-state index in [0.717, 1.165) is 50.0 Å². The second-order valence-corrected chi connectivity index (χ2v) is 14.1. The predicted molar refractivity (Wildman–Crippen MR) is 225 cm³/mol. The van der Waals surface area contributed by atoms with Crippen molar-refractivity contribution in [3.8, 4) is 45.0 Å². The minimum atomic E-state index is 0.656. The average Bonchev–Trinajstić information content (AvgIpc) is 3.72. The van der Waals surface area contributed by atoms with Crippen LogP contribution in [-0.4, -0.2) is 49.2 Å². The minimum Gasteiger partial charge on any atom is -0.455 e. The lowest BCUT2D eigenvalue weighted by molar-refractivity contribution is 0.670. The number of fused-ring (bicyclic) bond motifs is 6. The summed E-state index contributed by atoms with van der Waals surface area (Å²) in [7, 11) is 11.1. The summed E-state index contributed by atoms with van der Waals surface area (Å²) >= 11 is 1.84. The normalized spacial score (nSPS) is 11.7. The van der Waals surface area contributed by atoms with Crippen molar-refractivity contribution in [1.82, 2.24) is 9.97 Å². The van der Waals surface area contributed by atoms with Crippen molar-refractivity contribution in [3.05, 3.63) is 115 Å². The van der Waals surface area contributed by atoms with E-state index < -0.39 is 0 Å². The van der Waals surface area contributed by atoms with Gasteiger partial charge < -0.3 is 4.42 Å². The fraction of sp³-hybridized carbons (Fsp3) is 0. The number of para-hydroxylation sites is 2. The third-order valence-electron chi connectivity index (χ3n) is 10.5. The van der Waals surface area contributed by atoms with Crippen molar-refractivity contribution in [1.29, 1.82) is 0 Å². The molecule has 0 aliphatic heterocycles. The van der Waals surface area contributed by atoms with Crippen molar-refractivity contribution >= 4 is 120 Å². The largest absolute Gasteiger partial charge is 0.455 e. The fourth-order valence-electron chi connectivity index (χ4n) is 7.50. The molecule has 0 bridgehead atoms. The summed E-state index contributed by atoms with van der Waals surface area (Å²) < 4.78 is 9.53. The molecule has 0 fully saturated rings. The Labute approximate surface area is 293 Å². The molecule has 0 atom stereocenters. The van der Waals surface area contributed by atoms with Crippen molar-refractivity contribution in [2.45, 2.75) is 0 Å². The van der Waals surface area contributed by atoms with E-state index in [1.807, 2.05) is 17.4 Å². The van der Waals surface area contributed by atoms with Crippen LogP contribution in [-0.2, 0) is 0 Å². The standard InChI is InChI=1S/C40H29B5N2OS/c41-32-31(33(42)35(44)36(45)34(32)43)29-19-28(20-9-2-1-3-10-20)46-40(47-29)27-17-7-13-23-22-12-6-14-24(37(22)48-38(23)27)26-16-8-15-25-21-11-4-5-18-30(21)49-39(25)26/h1-19H,41-45H2. The van der Waals surface area contributed by atoms with E-state index in [1.165, 1.54) is 58.6 Å². The van der Waals surface area contributed by atoms with E-state index in [-0.39, 0.29) is 0 Å². The zero-order valence-corrected chi connectivity index (χ0v) is 29.0. The maximum Gasteiger partial charge on any atom is 0.164 e. The lowest BCUT2D eigenvalue weighted by Gasteiger charge is -2.20. The topological polar surface area (TPSA) is 38.9 Å². The Morgan fingerprint density at radius 2 is 1.02 bits per heavy atom. The molecule has 0 aliphatic carbocycles. The van der Waals surface area contributed by atoms with Crippen LogP contribution in [0.25, 0.3) is 87.1 Å². The first-order chi connectivity index (χ1) is 23.9. The summed E-state index contributed by atoms with van der Waals surface area (Å²) in [6, 6.07) is 40.6. The van der Waals surface area contributed by atoms with Gasteiger partial charge in [-0.15, -0.1) is 27.7 Å². The van der Waals surface area contributed by atoms with E-state index in [2.05, 4.69) is 148 Å². The van der Waals surface area contributed by atoms with Crippen LogP contribution in [0.2, 0.25) is 0 Å². The lowest BCUT2D eigenvalue weighted by Crippen LogP contribution is -2.55. The molecule has 3 heterocycles. The Kier molecular flexibility index (Phi) is 6.96. The van der Waals surface area contributed by atoms with E-state index in [9.17, 15) is 0 Å². The van der Waals surface area contributed by atoms with Crippen LogP contribution in [0.5, 0.6) is 0 Å². The quantitative estimate of drug-likeness (QED) is 0.278. The average molecular weight is 640 g/mol. The van der Waals surface area contributed by atoms with E-state index >= 15 is 0 Å². The van der Waals surface area contributed by atoms with E-state index in [4.69, 9.17) is 14.4 Å². The number of hydrogen-bond acceptors (Lipinski definition) is 4. The van der Waals surface area contributed by atoms with Crippen LogP contribution in [0.15, 0.2) is 120 Å². The molecule has 0 spiro atoms. The van der Waals surface area contributed by atoms with Crippen molar-refractivity contribution in [3.63, 3.8) is 0 Å². The number of rotatable bonds is 4. The Bertz CT molecular complexity index is 2760. The van der Waals surface area contributed by atoms with Gasteiger partial charge in [0, 0.05) is 47.6 Å². The molecule has 6 aromatic carbocycles. The zero-order chi connectivity index (χ0) is 33.4. The third-order valence-corrected chi connectivity index (χ3v) is 11.7. The molecular weight excluding hydrogens is 611 g/mol. The van der Waals surface area contributed by atoms with Crippen LogP contribution >= 0.6 is 11.3 Å². The highest BCUT2D eigenvalue weighted by molar-refractivity contribution is 7.26. The van der Waals surface area contributed by atoms with Crippen LogP contribution in [0, 0.1) is 0 Å². The highest BCUT2D eigenvalue weighted by Gasteiger charge is 2.21. The molecule has 0 radical (unpaired) electrons. The van der Waals surface area contributed by atoms with E-state index in [0.29, 0.717) is 5.82 Å². The Balaban J connectivity index is 1.30. The van der Waals surface area contributed by atoms with Gasteiger partial charge in [-0.2, -0.15) is 0 Å². The summed E-state index contributed by atoms with van der Waals surface area (Å²) in [6.45, 7) is 0. The predicted octanol–water partition coefficient (Wildman–Crippen LogP) is 2.70. The smallest absolute Gasteiger partial charge is 0.164 e. The number of aromatic nitrogens is 2. The molecule has 0 N–H and O–H groups in total. The lowest BCUT2D eigenvalue weighted by atomic mass is 9.60. The summed E-state index contributed by atoms with van der Waals surface area (Å²) in [5.41, 5.74) is 15.4. The molecule has 9 heteroatoms. The van der Waals surface area contributed by atoms with Crippen LogP contribution < -0.4 is 27.3 Å². The van der Waals surface area contributed by atoms with Gasteiger partial charge in [0.1, 0.15) is 50.4 Å². The van der Waals surface area contributed by atoms with Gasteiger partial charge in [-0.3, -0.25) is 0 Å². The van der Waals surface area contributed by atoms with E-state index in [1.54, 1.807) is 0 Å². The first-order valence-corrected chi connectivity index (χ1v) is 17.6. The third kappa shape index (κ3) is 4.63. The molecule has 3 aromatic heterocycles. The molecule has 0 unspecified atom stereocenters. The monoisotopic (exact) mass is 640 g/mol. The van der Waals surface area contributed by atoms with Gasteiger partial charge in [0.05, 0.1) is 17.0 Å². The molecule has 49 heavy (non-hydrogen) atoms. The first kappa shape index (κ1) is 29.9. The van der Waals surface area contributed by atoms with Gasteiger partial charge in [-0.05, 0) is 23.8 Å². The number of furan rings is 1. The van der Waals surface area contributed by atoms with Crippen LogP contribution in [0.4, 0.5) is 0 Å². The number of hydrogen-bond donors (Lipinski definition) is 0. The number of benzene rings is 6. The second kappa shape index (κ2) is 11.4. The molecule has 3 nitrogen and oxygen atoms in total. The Hall–Kier alpha value is -5.26. The molecule has 226 valence electrons. The summed E-state index contributed by atoms with van der Waals surface area (Å²) in [5.74, 6) is 0.656. The molecule has 0 amide bonds. The highest BCUT2D eigenvalue weighted by Crippen LogP contribution is 2.44. The van der Waals surface area contributed by atoms with Gasteiger partial charge >= 0.3 is 0 Å². The van der Waals surface area contributed by atoms with Crippen molar-refractivity contribution in [2.75, 3.05) is 0 Å². The molecule has 9 rings (SSSR count). The number of thiophene rings is 1. The molecule has 0 saturated carbocycles. The maximum absolute atomic E-state index is 6.96. The van der Waals surface area contributed by atoms with Gasteiger partial charge in [0.2, 0.25) is 0 Å².